The lowest BCUT2D eigenvalue weighted by Gasteiger charge is -2.24. The lowest BCUT2D eigenvalue weighted by atomic mass is 9.79. The van der Waals surface area contributed by atoms with E-state index in [2.05, 4.69) is 10.9 Å². The van der Waals surface area contributed by atoms with Crippen molar-refractivity contribution in [1.82, 2.24) is 4.98 Å². The molecular formula is C24H21F2NO. The van der Waals surface area contributed by atoms with Crippen LogP contribution in [0.1, 0.15) is 31.0 Å². The molecule has 0 bridgehead atoms. The monoisotopic (exact) mass is 377 g/mol. The molecule has 28 heavy (non-hydrogen) atoms. The minimum Gasteiger partial charge on any atom is -0.439 e. The van der Waals surface area contributed by atoms with Gasteiger partial charge in [0.1, 0.15) is 17.4 Å². The minimum absolute atomic E-state index is 0.222. The number of aryl methyl sites for hydroxylation is 1. The van der Waals surface area contributed by atoms with Crippen LogP contribution in [0.5, 0.6) is 11.6 Å². The average molecular weight is 377 g/mol. The van der Waals surface area contributed by atoms with E-state index in [0.29, 0.717) is 30.7 Å². The Morgan fingerprint density at radius 3 is 2.39 bits per heavy atom. The lowest BCUT2D eigenvalue weighted by molar-refractivity contribution is 0.452. The molecule has 0 amide bonds. The number of aromatic nitrogens is 1. The SMILES string of the molecule is C#CC(C)(CCCc1cc(F)cc(Oc2ccccc2)n1)c1ccc(F)cc1. The summed E-state index contributed by atoms with van der Waals surface area (Å²) in [7, 11) is 0. The number of para-hydroxylation sites is 1. The zero-order valence-electron chi connectivity index (χ0n) is 15.7. The smallest absolute Gasteiger partial charge is 0.222 e. The van der Waals surface area contributed by atoms with Gasteiger partial charge in [0, 0.05) is 11.8 Å². The molecular weight excluding hydrogens is 356 g/mol. The second-order valence-electron chi connectivity index (χ2n) is 6.87. The van der Waals surface area contributed by atoms with Crippen molar-refractivity contribution in [2.75, 3.05) is 0 Å². The number of benzene rings is 2. The standard InChI is InChI=1S/C24H21F2NO/c1-3-24(2,18-11-13-19(25)14-12-18)15-7-8-21-16-20(26)17-23(27-21)28-22-9-5-4-6-10-22/h1,4-6,9-14,16-17H,7-8,15H2,2H3. The Labute approximate surface area is 164 Å². The zero-order chi connectivity index (χ0) is 20.0. The van der Waals surface area contributed by atoms with E-state index in [0.717, 1.165) is 5.56 Å². The summed E-state index contributed by atoms with van der Waals surface area (Å²) >= 11 is 0. The summed E-state index contributed by atoms with van der Waals surface area (Å²) in [5.41, 5.74) is 0.964. The number of hydrogen-bond acceptors (Lipinski definition) is 2. The van der Waals surface area contributed by atoms with E-state index in [1.54, 1.807) is 24.3 Å². The molecule has 4 heteroatoms. The summed E-state index contributed by atoms with van der Waals surface area (Å²) in [6.45, 7) is 1.95. The van der Waals surface area contributed by atoms with Crippen molar-refractivity contribution < 1.29 is 13.5 Å². The maximum atomic E-state index is 14.0. The maximum absolute atomic E-state index is 14.0. The third-order valence-corrected chi connectivity index (χ3v) is 4.69. The fourth-order valence-corrected chi connectivity index (χ4v) is 3.06. The van der Waals surface area contributed by atoms with Gasteiger partial charge in [-0.05, 0) is 62.1 Å². The van der Waals surface area contributed by atoms with Crippen LogP contribution in [0.4, 0.5) is 8.78 Å². The van der Waals surface area contributed by atoms with E-state index in [1.165, 1.54) is 24.3 Å². The Bertz CT molecular complexity index is 964. The van der Waals surface area contributed by atoms with Gasteiger partial charge >= 0.3 is 0 Å². The van der Waals surface area contributed by atoms with Crippen LogP contribution in [-0.4, -0.2) is 4.98 Å². The van der Waals surface area contributed by atoms with Gasteiger partial charge in [0.05, 0.1) is 5.41 Å². The first-order chi connectivity index (χ1) is 13.5. The normalized spacial score (nSPS) is 12.8. The highest BCUT2D eigenvalue weighted by molar-refractivity contribution is 5.33. The Kier molecular flexibility index (Phi) is 6.06. The van der Waals surface area contributed by atoms with Crippen LogP contribution in [-0.2, 0) is 11.8 Å². The van der Waals surface area contributed by atoms with E-state index < -0.39 is 11.2 Å². The van der Waals surface area contributed by atoms with E-state index in [-0.39, 0.29) is 11.7 Å². The summed E-state index contributed by atoms with van der Waals surface area (Å²) in [6.07, 6.45) is 7.68. The Morgan fingerprint density at radius 2 is 1.71 bits per heavy atom. The molecule has 0 saturated heterocycles. The van der Waals surface area contributed by atoms with Crippen LogP contribution in [0.3, 0.4) is 0 Å². The van der Waals surface area contributed by atoms with Crippen LogP contribution in [0.15, 0.2) is 66.7 Å². The van der Waals surface area contributed by atoms with Crippen LogP contribution in [0.2, 0.25) is 0 Å². The van der Waals surface area contributed by atoms with E-state index in [9.17, 15) is 8.78 Å². The number of rotatable bonds is 7. The number of hydrogen-bond donors (Lipinski definition) is 0. The molecule has 3 rings (SSSR count). The largest absolute Gasteiger partial charge is 0.439 e. The van der Waals surface area contributed by atoms with Crippen molar-refractivity contribution in [2.45, 2.75) is 31.6 Å². The number of halogens is 2. The molecule has 3 aromatic rings. The molecule has 0 radical (unpaired) electrons. The molecule has 0 saturated carbocycles. The van der Waals surface area contributed by atoms with Gasteiger partial charge < -0.3 is 4.74 Å². The summed E-state index contributed by atoms with van der Waals surface area (Å²) in [5.74, 6) is 2.95. The third-order valence-electron chi connectivity index (χ3n) is 4.69. The number of pyridine rings is 1. The van der Waals surface area contributed by atoms with Crippen LogP contribution >= 0.6 is 0 Å². The lowest BCUT2D eigenvalue weighted by Crippen LogP contribution is -2.19. The first-order valence-corrected chi connectivity index (χ1v) is 9.12. The van der Waals surface area contributed by atoms with Crippen molar-refractivity contribution in [3.63, 3.8) is 0 Å². The summed E-state index contributed by atoms with van der Waals surface area (Å²) in [6, 6.07) is 18.0. The highest BCUT2D eigenvalue weighted by atomic mass is 19.1. The van der Waals surface area contributed by atoms with Gasteiger partial charge in [0.25, 0.3) is 0 Å². The number of ether oxygens (including phenoxy) is 1. The van der Waals surface area contributed by atoms with E-state index in [4.69, 9.17) is 11.2 Å². The van der Waals surface area contributed by atoms with Gasteiger partial charge in [-0.15, -0.1) is 6.42 Å². The van der Waals surface area contributed by atoms with Gasteiger partial charge in [-0.25, -0.2) is 13.8 Å². The Morgan fingerprint density at radius 1 is 1.00 bits per heavy atom. The third kappa shape index (κ3) is 4.95. The molecule has 0 spiro atoms. The zero-order valence-corrected chi connectivity index (χ0v) is 15.7. The molecule has 142 valence electrons. The summed E-state index contributed by atoms with van der Waals surface area (Å²) in [5, 5.41) is 0. The molecule has 1 unspecified atom stereocenters. The molecule has 0 aliphatic rings. The average Bonchev–Trinajstić information content (AvgIpc) is 2.68. The molecule has 2 aromatic carbocycles. The van der Waals surface area contributed by atoms with Crippen molar-refractivity contribution in [3.8, 4) is 24.0 Å². The predicted molar refractivity (Wildman–Crippen MR) is 106 cm³/mol. The van der Waals surface area contributed by atoms with Crippen molar-refractivity contribution in [2.24, 2.45) is 0 Å². The second kappa shape index (κ2) is 8.67. The van der Waals surface area contributed by atoms with E-state index in [1.807, 2.05) is 25.1 Å². The quantitative estimate of drug-likeness (QED) is 0.467. The molecule has 0 N–H and O–H groups in total. The molecule has 0 aliphatic carbocycles. The van der Waals surface area contributed by atoms with Crippen molar-refractivity contribution in [1.29, 1.82) is 0 Å². The van der Waals surface area contributed by atoms with Gasteiger partial charge in [-0.3, -0.25) is 0 Å². The van der Waals surface area contributed by atoms with Gasteiger partial charge in [0.15, 0.2) is 0 Å². The predicted octanol–water partition coefficient (Wildman–Crippen LogP) is 6.07. The van der Waals surface area contributed by atoms with E-state index >= 15 is 0 Å². The van der Waals surface area contributed by atoms with Crippen molar-refractivity contribution in [3.05, 3.63) is 89.6 Å². The highest BCUT2D eigenvalue weighted by Crippen LogP contribution is 2.29. The fraction of sp³-hybridized carbons (Fsp3) is 0.208. The topological polar surface area (TPSA) is 22.1 Å². The number of terminal acetylenes is 1. The minimum atomic E-state index is -0.523. The maximum Gasteiger partial charge on any atom is 0.222 e. The molecule has 1 aromatic heterocycles. The first kappa shape index (κ1) is 19.6. The van der Waals surface area contributed by atoms with Crippen LogP contribution in [0, 0.1) is 24.0 Å². The first-order valence-electron chi connectivity index (χ1n) is 9.12. The molecule has 1 heterocycles. The van der Waals surface area contributed by atoms with Crippen molar-refractivity contribution >= 4 is 0 Å². The number of nitrogens with zero attached hydrogens (tertiary/aromatic N) is 1. The van der Waals surface area contributed by atoms with Crippen LogP contribution < -0.4 is 4.74 Å². The summed E-state index contributed by atoms with van der Waals surface area (Å²) < 4.78 is 32.8. The molecule has 2 nitrogen and oxygen atoms in total. The summed E-state index contributed by atoms with van der Waals surface area (Å²) in [4.78, 5) is 4.40. The van der Waals surface area contributed by atoms with Gasteiger partial charge in [0.2, 0.25) is 5.88 Å². The Balaban J connectivity index is 1.67. The second-order valence-corrected chi connectivity index (χ2v) is 6.87. The van der Waals surface area contributed by atoms with Gasteiger partial charge in [-0.1, -0.05) is 36.3 Å². The highest BCUT2D eigenvalue weighted by Gasteiger charge is 2.23. The molecule has 0 fully saturated rings. The molecule has 0 aliphatic heterocycles. The van der Waals surface area contributed by atoms with Gasteiger partial charge in [-0.2, -0.15) is 0 Å². The molecule has 1 atom stereocenters. The van der Waals surface area contributed by atoms with Crippen LogP contribution in [0.25, 0.3) is 0 Å². The fourth-order valence-electron chi connectivity index (χ4n) is 3.06. The Hall–Kier alpha value is -3.19.